The van der Waals surface area contributed by atoms with E-state index in [1.165, 1.54) is 5.56 Å². The number of rotatable bonds is 2. The fourth-order valence-electron chi connectivity index (χ4n) is 2.39. The third-order valence-electron chi connectivity index (χ3n) is 3.31. The van der Waals surface area contributed by atoms with Crippen LogP contribution < -0.4 is 10.5 Å². The van der Waals surface area contributed by atoms with E-state index in [1.54, 1.807) is 6.07 Å². The summed E-state index contributed by atoms with van der Waals surface area (Å²) in [7, 11) is 0. The summed E-state index contributed by atoms with van der Waals surface area (Å²) >= 11 is 12.2. The summed E-state index contributed by atoms with van der Waals surface area (Å²) in [4.78, 5) is 0. The second-order valence-electron chi connectivity index (χ2n) is 4.60. The van der Waals surface area contributed by atoms with Crippen molar-refractivity contribution < 1.29 is 4.74 Å². The molecule has 19 heavy (non-hydrogen) atoms. The van der Waals surface area contributed by atoms with Crippen molar-refractivity contribution in [2.24, 2.45) is 5.73 Å². The minimum absolute atomic E-state index is 0.0576. The first kappa shape index (κ1) is 12.8. The summed E-state index contributed by atoms with van der Waals surface area (Å²) < 4.78 is 5.91. The molecule has 0 saturated heterocycles. The van der Waals surface area contributed by atoms with E-state index in [0.717, 1.165) is 23.3 Å². The summed E-state index contributed by atoms with van der Waals surface area (Å²) in [5.74, 6) is 0.891. The Balaban J connectivity index is 2.10. The molecule has 3 rings (SSSR count). The summed E-state index contributed by atoms with van der Waals surface area (Å²) in [5.41, 5.74) is 8.79. The highest BCUT2D eigenvalue weighted by molar-refractivity contribution is 6.36. The topological polar surface area (TPSA) is 35.2 Å². The van der Waals surface area contributed by atoms with Crippen LogP contribution in [0.5, 0.6) is 5.75 Å². The molecule has 0 aliphatic carbocycles. The Morgan fingerprint density at radius 3 is 2.74 bits per heavy atom. The minimum atomic E-state index is 0.0576. The molecular formula is C15H13Cl2NO. The van der Waals surface area contributed by atoms with Gasteiger partial charge in [-0.2, -0.15) is 0 Å². The number of nitrogens with two attached hydrogens (primary N) is 1. The Morgan fingerprint density at radius 1 is 1.16 bits per heavy atom. The van der Waals surface area contributed by atoms with Crippen molar-refractivity contribution in [3.8, 4) is 16.9 Å². The molecule has 0 saturated carbocycles. The van der Waals surface area contributed by atoms with E-state index in [4.69, 9.17) is 33.7 Å². The lowest BCUT2D eigenvalue weighted by molar-refractivity contribution is 0.242. The molecule has 4 heteroatoms. The quantitative estimate of drug-likeness (QED) is 0.911. The second kappa shape index (κ2) is 5.04. The van der Waals surface area contributed by atoms with E-state index in [-0.39, 0.29) is 6.10 Å². The number of ether oxygens (including phenoxy) is 1. The van der Waals surface area contributed by atoms with E-state index in [1.807, 2.05) is 24.3 Å². The second-order valence-corrected chi connectivity index (χ2v) is 5.44. The molecular weight excluding hydrogens is 281 g/mol. The van der Waals surface area contributed by atoms with Crippen molar-refractivity contribution in [1.82, 2.24) is 0 Å². The van der Waals surface area contributed by atoms with E-state index >= 15 is 0 Å². The fraction of sp³-hybridized carbons (Fsp3) is 0.200. The molecule has 1 unspecified atom stereocenters. The number of benzene rings is 2. The first-order chi connectivity index (χ1) is 9.19. The van der Waals surface area contributed by atoms with Crippen LogP contribution in [0.15, 0.2) is 36.4 Å². The highest BCUT2D eigenvalue weighted by Gasteiger charge is 2.25. The van der Waals surface area contributed by atoms with Gasteiger partial charge in [0, 0.05) is 29.1 Å². The average molecular weight is 294 g/mol. The average Bonchev–Trinajstić information content (AvgIpc) is 2.82. The van der Waals surface area contributed by atoms with Gasteiger partial charge in [0.05, 0.1) is 5.02 Å². The van der Waals surface area contributed by atoms with Crippen LogP contribution in [0.2, 0.25) is 10.0 Å². The van der Waals surface area contributed by atoms with Crippen molar-refractivity contribution >= 4 is 23.2 Å². The maximum absolute atomic E-state index is 6.27. The lowest BCUT2D eigenvalue weighted by Crippen LogP contribution is -2.24. The highest BCUT2D eigenvalue weighted by atomic mass is 35.5. The monoisotopic (exact) mass is 293 g/mol. The van der Waals surface area contributed by atoms with Gasteiger partial charge in [0.2, 0.25) is 0 Å². The van der Waals surface area contributed by atoms with Crippen LogP contribution >= 0.6 is 23.2 Å². The van der Waals surface area contributed by atoms with Crippen LogP contribution in [0.3, 0.4) is 0 Å². The van der Waals surface area contributed by atoms with Gasteiger partial charge in [0.1, 0.15) is 11.9 Å². The Bertz CT molecular complexity index is 628. The van der Waals surface area contributed by atoms with Crippen LogP contribution in [-0.4, -0.2) is 12.6 Å². The molecule has 2 aromatic rings. The standard InChI is InChI=1S/C15H13Cl2NO/c16-10-4-5-12(14(17)7-10)13-3-1-2-9-6-11(8-18)19-15(9)13/h1-5,7,11H,6,8,18H2. The largest absolute Gasteiger partial charge is 0.488 e. The van der Waals surface area contributed by atoms with Crippen LogP contribution in [0.1, 0.15) is 5.56 Å². The van der Waals surface area contributed by atoms with Gasteiger partial charge in [-0.1, -0.05) is 47.5 Å². The highest BCUT2D eigenvalue weighted by Crippen LogP contribution is 2.41. The van der Waals surface area contributed by atoms with Crippen molar-refractivity contribution in [2.75, 3.05) is 6.54 Å². The van der Waals surface area contributed by atoms with E-state index in [0.29, 0.717) is 16.6 Å². The number of para-hydroxylation sites is 1. The van der Waals surface area contributed by atoms with Crippen molar-refractivity contribution in [3.63, 3.8) is 0 Å². The molecule has 1 heterocycles. The van der Waals surface area contributed by atoms with Crippen molar-refractivity contribution in [3.05, 3.63) is 52.0 Å². The van der Waals surface area contributed by atoms with Crippen LogP contribution in [0, 0.1) is 0 Å². The molecule has 1 aliphatic heterocycles. The zero-order valence-electron chi connectivity index (χ0n) is 10.2. The Morgan fingerprint density at radius 2 is 2.00 bits per heavy atom. The molecule has 0 fully saturated rings. The molecule has 2 nitrogen and oxygen atoms in total. The Labute approximate surface area is 122 Å². The lowest BCUT2D eigenvalue weighted by Gasteiger charge is -2.12. The van der Waals surface area contributed by atoms with Crippen LogP contribution in [0.25, 0.3) is 11.1 Å². The number of halogens is 2. The molecule has 0 bridgehead atoms. The van der Waals surface area contributed by atoms with Gasteiger partial charge in [-0.05, 0) is 17.7 Å². The van der Waals surface area contributed by atoms with Gasteiger partial charge in [0.25, 0.3) is 0 Å². The Hall–Kier alpha value is -1.22. The number of hydrogen-bond acceptors (Lipinski definition) is 2. The Kier molecular flexibility index (Phi) is 3.40. The van der Waals surface area contributed by atoms with E-state index in [2.05, 4.69) is 6.07 Å². The molecule has 1 atom stereocenters. The molecule has 0 spiro atoms. The van der Waals surface area contributed by atoms with E-state index < -0.39 is 0 Å². The van der Waals surface area contributed by atoms with Gasteiger partial charge >= 0.3 is 0 Å². The summed E-state index contributed by atoms with van der Waals surface area (Å²) in [6.45, 7) is 0.516. The smallest absolute Gasteiger partial charge is 0.131 e. The normalized spacial score (nSPS) is 17.1. The van der Waals surface area contributed by atoms with Gasteiger partial charge in [-0.3, -0.25) is 0 Å². The maximum Gasteiger partial charge on any atom is 0.131 e. The summed E-state index contributed by atoms with van der Waals surface area (Å²) in [6, 6.07) is 11.6. The predicted molar refractivity (Wildman–Crippen MR) is 79.1 cm³/mol. The molecule has 1 aliphatic rings. The van der Waals surface area contributed by atoms with Gasteiger partial charge < -0.3 is 10.5 Å². The van der Waals surface area contributed by atoms with Gasteiger partial charge in [-0.25, -0.2) is 0 Å². The van der Waals surface area contributed by atoms with E-state index in [9.17, 15) is 0 Å². The predicted octanol–water partition coefficient (Wildman–Crippen LogP) is 3.92. The van der Waals surface area contributed by atoms with Crippen molar-refractivity contribution in [1.29, 1.82) is 0 Å². The zero-order valence-corrected chi connectivity index (χ0v) is 11.7. The first-order valence-electron chi connectivity index (χ1n) is 6.13. The third kappa shape index (κ3) is 2.32. The molecule has 2 N–H and O–H groups in total. The lowest BCUT2D eigenvalue weighted by atomic mass is 10.0. The third-order valence-corrected chi connectivity index (χ3v) is 3.86. The zero-order chi connectivity index (χ0) is 13.4. The fourth-order valence-corrected chi connectivity index (χ4v) is 2.90. The first-order valence-corrected chi connectivity index (χ1v) is 6.88. The summed E-state index contributed by atoms with van der Waals surface area (Å²) in [5, 5.41) is 1.25. The number of hydrogen-bond donors (Lipinski definition) is 1. The SMILES string of the molecule is NCC1Cc2cccc(-c3ccc(Cl)cc3Cl)c2O1. The molecule has 0 radical (unpaired) electrons. The molecule has 0 amide bonds. The van der Waals surface area contributed by atoms with Crippen LogP contribution in [0.4, 0.5) is 0 Å². The molecule has 0 aromatic heterocycles. The summed E-state index contributed by atoms with van der Waals surface area (Å²) in [6.07, 6.45) is 0.910. The molecule has 2 aromatic carbocycles. The van der Waals surface area contributed by atoms with Crippen molar-refractivity contribution in [2.45, 2.75) is 12.5 Å². The molecule has 98 valence electrons. The van der Waals surface area contributed by atoms with Crippen LogP contribution in [-0.2, 0) is 6.42 Å². The minimum Gasteiger partial charge on any atom is -0.488 e. The number of fused-ring (bicyclic) bond motifs is 1. The maximum atomic E-state index is 6.27. The van der Waals surface area contributed by atoms with Gasteiger partial charge in [-0.15, -0.1) is 0 Å². The van der Waals surface area contributed by atoms with Gasteiger partial charge in [0.15, 0.2) is 0 Å².